The number of nitrogens with zero attached hydrogens (tertiary/aromatic N) is 5. The SMILES string of the molecule is CN(C)c1nc(N)nc(COC(=O)c2ccc3ccccc3n2)n1. The molecule has 0 aliphatic heterocycles. The van der Waals surface area contributed by atoms with Gasteiger partial charge in [-0.2, -0.15) is 15.0 Å². The lowest BCUT2D eigenvalue weighted by molar-refractivity contribution is 0.0455. The second-order valence-electron chi connectivity index (χ2n) is 5.27. The van der Waals surface area contributed by atoms with E-state index in [1.165, 1.54) is 0 Å². The predicted molar refractivity (Wildman–Crippen MR) is 89.4 cm³/mol. The molecule has 0 fully saturated rings. The van der Waals surface area contributed by atoms with Crippen LogP contribution in [0.2, 0.25) is 0 Å². The molecule has 0 amide bonds. The van der Waals surface area contributed by atoms with Crippen molar-refractivity contribution in [2.24, 2.45) is 0 Å². The molecule has 0 aliphatic rings. The molecule has 2 heterocycles. The highest BCUT2D eigenvalue weighted by Gasteiger charge is 2.12. The number of fused-ring (bicyclic) bond motifs is 1. The van der Waals surface area contributed by atoms with Gasteiger partial charge in [0, 0.05) is 19.5 Å². The van der Waals surface area contributed by atoms with E-state index in [1.807, 2.05) is 30.3 Å². The van der Waals surface area contributed by atoms with Crippen molar-refractivity contribution in [1.29, 1.82) is 0 Å². The zero-order valence-corrected chi connectivity index (χ0v) is 13.3. The summed E-state index contributed by atoms with van der Waals surface area (Å²) < 4.78 is 5.22. The second kappa shape index (κ2) is 6.45. The van der Waals surface area contributed by atoms with E-state index in [1.54, 1.807) is 25.1 Å². The van der Waals surface area contributed by atoms with Gasteiger partial charge in [-0.15, -0.1) is 0 Å². The summed E-state index contributed by atoms with van der Waals surface area (Å²) in [5, 5.41) is 0.954. The number of hydrogen-bond acceptors (Lipinski definition) is 8. The molecule has 8 nitrogen and oxygen atoms in total. The summed E-state index contributed by atoms with van der Waals surface area (Å²) in [4.78, 5) is 30.3. The van der Waals surface area contributed by atoms with Gasteiger partial charge in [0.15, 0.2) is 12.4 Å². The van der Waals surface area contributed by atoms with Gasteiger partial charge in [0.1, 0.15) is 5.69 Å². The van der Waals surface area contributed by atoms with Crippen LogP contribution in [0.1, 0.15) is 16.3 Å². The topological polar surface area (TPSA) is 107 Å². The minimum atomic E-state index is -0.550. The Labute approximate surface area is 138 Å². The van der Waals surface area contributed by atoms with Gasteiger partial charge < -0.3 is 15.4 Å². The molecule has 0 unspecified atom stereocenters. The Kier molecular flexibility index (Phi) is 4.19. The van der Waals surface area contributed by atoms with E-state index in [2.05, 4.69) is 19.9 Å². The quantitative estimate of drug-likeness (QED) is 0.718. The third kappa shape index (κ3) is 3.37. The largest absolute Gasteiger partial charge is 0.453 e. The minimum Gasteiger partial charge on any atom is -0.453 e. The van der Waals surface area contributed by atoms with E-state index >= 15 is 0 Å². The highest BCUT2D eigenvalue weighted by atomic mass is 16.5. The summed E-state index contributed by atoms with van der Waals surface area (Å²) in [5.74, 6) is 0.201. The van der Waals surface area contributed by atoms with Gasteiger partial charge in [-0.3, -0.25) is 0 Å². The molecule has 1 aromatic carbocycles. The van der Waals surface area contributed by atoms with Crippen LogP contribution in [0, 0.1) is 0 Å². The van der Waals surface area contributed by atoms with Crippen LogP contribution in [0.15, 0.2) is 36.4 Å². The van der Waals surface area contributed by atoms with E-state index in [0.717, 1.165) is 10.9 Å². The number of para-hydroxylation sites is 1. The zero-order chi connectivity index (χ0) is 17.1. The molecule has 0 spiro atoms. The number of ether oxygens (including phenoxy) is 1. The first kappa shape index (κ1) is 15.6. The van der Waals surface area contributed by atoms with E-state index in [4.69, 9.17) is 10.5 Å². The van der Waals surface area contributed by atoms with Crippen molar-refractivity contribution in [2.45, 2.75) is 6.61 Å². The number of anilines is 2. The maximum atomic E-state index is 12.2. The smallest absolute Gasteiger partial charge is 0.357 e. The van der Waals surface area contributed by atoms with E-state index < -0.39 is 5.97 Å². The van der Waals surface area contributed by atoms with E-state index in [9.17, 15) is 4.79 Å². The Morgan fingerprint density at radius 2 is 1.88 bits per heavy atom. The number of esters is 1. The summed E-state index contributed by atoms with van der Waals surface area (Å²) in [6.07, 6.45) is 0. The fourth-order valence-electron chi connectivity index (χ4n) is 2.07. The zero-order valence-electron chi connectivity index (χ0n) is 13.3. The Bertz CT molecular complexity index is 897. The highest BCUT2D eigenvalue weighted by Crippen LogP contribution is 2.13. The third-order valence-electron chi connectivity index (χ3n) is 3.23. The predicted octanol–water partition coefficient (Wildman–Crippen LogP) is 1.43. The van der Waals surface area contributed by atoms with Crippen LogP contribution >= 0.6 is 0 Å². The second-order valence-corrected chi connectivity index (χ2v) is 5.27. The first-order chi connectivity index (χ1) is 11.5. The summed E-state index contributed by atoms with van der Waals surface area (Å²) in [6.45, 7) is -0.110. The average Bonchev–Trinajstić information content (AvgIpc) is 2.58. The van der Waals surface area contributed by atoms with Crippen molar-refractivity contribution in [3.05, 3.63) is 47.9 Å². The number of hydrogen-bond donors (Lipinski definition) is 1. The highest BCUT2D eigenvalue weighted by molar-refractivity contribution is 5.90. The molecule has 3 aromatic rings. The molecule has 2 N–H and O–H groups in total. The third-order valence-corrected chi connectivity index (χ3v) is 3.23. The molecule has 0 saturated carbocycles. The van der Waals surface area contributed by atoms with Crippen LogP contribution in [0.5, 0.6) is 0 Å². The van der Waals surface area contributed by atoms with E-state index in [-0.39, 0.29) is 24.1 Å². The Balaban J connectivity index is 1.75. The lowest BCUT2D eigenvalue weighted by Gasteiger charge is -2.11. The molecule has 8 heteroatoms. The number of carbonyl (C=O) groups excluding carboxylic acids is 1. The number of nitrogen functional groups attached to an aromatic ring is 1. The monoisotopic (exact) mass is 324 g/mol. The normalized spacial score (nSPS) is 10.6. The molecule has 24 heavy (non-hydrogen) atoms. The van der Waals surface area contributed by atoms with Crippen molar-refractivity contribution < 1.29 is 9.53 Å². The summed E-state index contributed by atoms with van der Waals surface area (Å²) in [7, 11) is 3.56. The number of aromatic nitrogens is 4. The number of carbonyl (C=O) groups is 1. The lowest BCUT2D eigenvalue weighted by atomic mass is 10.2. The number of nitrogens with two attached hydrogens (primary N) is 1. The molecule has 0 bridgehead atoms. The summed E-state index contributed by atoms with van der Waals surface area (Å²) in [5.41, 5.74) is 6.59. The maximum Gasteiger partial charge on any atom is 0.357 e. The summed E-state index contributed by atoms with van der Waals surface area (Å²) in [6, 6.07) is 11.0. The fraction of sp³-hybridized carbons (Fsp3) is 0.188. The molecule has 0 aliphatic carbocycles. The number of pyridine rings is 1. The van der Waals surface area contributed by atoms with Gasteiger partial charge in [0.25, 0.3) is 0 Å². The summed E-state index contributed by atoms with van der Waals surface area (Å²) >= 11 is 0. The average molecular weight is 324 g/mol. The van der Waals surface area contributed by atoms with Crippen molar-refractivity contribution in [3.63, 3.8) is 0 Å². The van der Waals surface area contributed by atoms with Crippen LogP contribution in [0.25, 0.3) is 10.9 Å². The number of rotatable bonds is 4. The van der Waals surface area contributed by atoms with Gasteiger partial charge in [-0.1, -0.05) is 24.3 Å². The van der Waals surface area contributed by atoms with Crippen LogP contribution in [0.4, 0.5) is 11.9 Å². The molecule has 0 saturated heterocycles. The Morgan fingerprint density at radius 3 is 2.67 bits per heavy atom. The Hall–Kier alpha value is -3.29. The molecule has 0 radical (unpaired) electrons. The van der Waals surface area contributed by atoms with Gasteiger partial charge in [0.2, 0.25) is 11.9 Å². The standard InChI is InChI=1S/C16H16N6O2/c1-22(2)16-20-13(19-15(17)21-16)9-24-14(23)12-8-7-10-5-3-4-6-11(10)18-12/h3-8H,9H2,1-2H3,(H2,17,19,20,21). The lowest BCUT2D eigenvalue weighted by Crippen LogP contribution is -2.17. The maximum absolute atomic E-state index is 12.2. The molecule has 0 atom stereocenters. The Morgan fingerprint density at radius 1 is 1.08 bits per heavy atom. The number of benzene rings is 1. The fourth-order valence-corrected chi connectivity index (χ4v) is 2.07. The van der Waals surface area contributed by atoms with Crippen LogP contribution < -0.4 is 10.6 Å². The van der Waals surface area contributed by atoms with Gasteiger partial charge >= 0.3 is 5.97 Å². The molecular formula is C16H16N6O2. The van der Waals surface area contributed by atoms with Crippen molar-refractivity contribution >= 4 is 28.8 Å². The van der Waals surface area contributed by atoms with E-state index in [0.29, 0.717) is 5.95 Å². The molecule has 2 aromatic heterocycles. The van der Waals surface area contributed by atoms with Gasteiger partial charge in [-0.25, -0.2) is 9.78 Å². The molecule has 122 valence electrons. The van der Waals surface area contributed by atoms with Gasteiger partial charge in [-0.05, 0) is 12.1 Å². The van der Waals surface area contributed by atoms with Crippen LogP contribution in [-0.2, 0) is 11.3 Å². The first-order valence-corrected chi connectivity index (χ1v) is 7.23. The first-order valence-electron chi connectivity index (χ1n) is 7.23. The molecular weight excluding hydrogens is 308 g/mol. The minimum absolute atomic E-state index is 0.0728. The molecule has 3 rings (SSSR count). The van der Waals surface area contributed by atoms with Crippen molar-refractivity contribution in [3.8, 4) is 0 Å². The van der Waals surface area contributed by atoms with Crippen LogP contribution in [-0.4, -0.2) is 40.0 Å². The van der Waals surface area contributed by atoms with Crippen molar-refractivity contribution in [1.82, 2.24) is 19.9 Å². The van der Waals surface area contributed by atoms with Gasteiger partial charge in [0.05, 0.1) is 5.52 Å². The van der Waals surface area contributed by atoms with Crippen molar-refractivity contribution in [2.75, 3.05) is 24.7 Å². The van der Waals surface area contributed by atoms with Crippen LogP contribution in [0.3, 0.4) is 0 Å².